The molecule has 1 heterocycles. The molecular formula is C12H15N5. The van der Waals surface area contributed by atoms with Crippen LogP contribution in [-0.2, 0) is 5.54 Å². The first kappa shape index (κ1) is 10.3. The fraction of sp³-hybridized carbons (Fsp3) is 0.417. The van der Waals surface area contributed by atoms with Gasteiger partial charge in [-0.25, -0.2) is 4.68 Å². The molecule has 88 valence electrons. The second-order valence-electron chi connectivity index (χ2n) is 5.00. The number of benzene rings is 1. The van der Waals surface area contributed by atoms with Crippen LogP contribution in [-0.4, -0.2) is 20.2 Å². The number of hydrogen-bond donors (Lipinski definition) is 1. The summed E-state index contributed by atoms with van der Waals surface area (Å²) in [5, 5.41) is 12.0. The number of tetrazole rings is 1. The summed E-state index contributed by atoms with van der Waals surface area (Å²) >= 11 is 0. The summed E-state index contributed by atoms with van der Waals surface area (Å²) in [6.07, 6.45) is 2.24. The molecule has 0 amide bonds. The van der Waals surface area contributed by atoms with Crippen molar-refractivity contribution < 1.29 is 0 Å². The average Bonchev–Trinajstić information content (AvgIpc) is 2.87. The second kappa shape index (κ2) is 3.29. The van der Waals surface area contributed by atoms with Crippen molar-refractivity contribution in [2.75, 3.05) is 5.73 Å². The largest absolute Gasteiger partial charge is 0.398 e. The SMILES string of the molecule is Cc1ccc(N)c(-c2nnnn2C2(C)CC2)c1. The summed E-state index contributed by atoms with van der Waals surface area (Å²) in [6, 6.07) is 5.92. The van der Waals surface area contributed by atoms with Crippen LogP contribution in [0.15, 0.2) is 18.2 Å². The molecule has 1 aromatic carbocycles. The minimum absolute atomic E-state index is 0.0784. The van der Waals surface area contributed by atoms with E-state index >= 15 is 0 Å². The van der Waals surface area contributed by atoms with Crippen LogP contribution in [0.1, 0.15) is 25.3 Å². The molecule has 2 aromatic rings. The van der Waals surface area contributed by atoms with E-state index in [2.05, 4.69) is 22.4 Å². The van der Waals surface area contributed by atoms with Gasteiger partial charge in [-0.05, 0) is 49.2 Å². The van der Waals surface area contributed by atoms with E-state index in [1.165, 1.54) is 0 Å². The van der Waals surface area contributed by atoms with Crippen molar-refractivity contribution in [2.45, 2.75) is 32.2 Å². The third-order valence-corrected chi connectivity index (χ3v) is 3.40. The zero-order chi connectivity index (χ0) is 12.0. The zero-order valence-electron chi connectivity index (χ0n) is 10.0. The number of nitrogens with zero attached hydrogens (tertiary/aromatic N) is 4. The third-order valence-electron chi connectivity index (χ3n) is 3.40. The van der Waals surface area contributed by atoms with Gasteiger partial charge in [0.05, 0.1) is 5.54 Å². The summed E-state index contributed by atoms with van der Waals surface area (Å²) in [4.78, 5) is 0. The van der Waals surface area contributed by atoms with Gasteiger partial charge >= 0.3 is 0 Å². The van der Waals surface area contributed by atoms with Gasteiger partial charge in [0, 0.05) is 11.3 Å². The lowest BCUT2D eigenvalue weighted by atomic mass is 10.1. The molecule has 0 spiro atoms. The topological polar surface area (TPSA) is 69.6 Å². The van der Waals surface area contributed by atoms with Gasteiger partial charge in [0.2, 0.25) is 0 Å². The number of aryl methyl sites for hydroxylation is 1. The molecule has 1 saturated carbocycles. The predicted octanol–water partition coefficient (Wildman–Crippen LogP) is 1.74. The molecule has 5 heteroatoms. The molecule has 0 radical (unpaired) electrons. The first-order valence-corrected chi connectivity index (χ1v) is 5.75. The fourth-order valence-corrected chi connectivity index (χ4v) is 1.98. The highest BCUT2D eigenvalue weighted by atomic mass is 15.6. The van der Waals surface area contributed by atoms with Crippen molar-refractivity contribution in [3.05, 3.63) is 23.8 Å². The van der Waals surface area contributed by atoms with E-state index in [1.54, 1.807) is 0 Å². The molecule has 3 rings (SSSR count). The molecule has 0 atom stereocenters. The lowest BCUT2D eigenvalue weighted by molar-refractivity contribution is 0.463. The number of anilines is 1. The van der Waals surface area contributed by atoms with E-state index in [0.717, 1.165) is 35.5 Å². The minimum atomic E-state index is 0.0784. The van der Waals surface area contributed by atoms with E-state index in [9.17, 15) is 0 Å². The Labute approximate surface area is 99.6 Å². The number of aromatic nitrogens is 4. The normalized spacial score (nSPS) is 17.1. The Morgan fingerprint density at radius 2 is 2.12 bits per heavy atom. The van der Waals surface area contributed by atoms with E-state index in [4.69, 9.17) is 5.73 Å². The van der Waals surface area contributed by atoms with Gasteiger partial charge < -0.3 is 5.73 Å². The van der Waals surface area contributed by atoms with E-state index < -0.39 is 0 Å². The van der Waals surface area contributed by atoms with Crippen LogP contribution in [0.5, 0.6) is 0 Å². The molecule has 2 N–H and O–H groups in total. The van der Waals surface area contributed by atoms with Gasteiger partial charge in [-0.15, -0.1) is 5.10 Å². The summed E-state index contributed by atoms with van der Waals surface area (Å²) in [5.74, 6) is 0.770. The minimum Gasteiger partial charge on any atom is -0.398 e. The van der Waals surface area contributed by atoms with Crippen molar-refractivity contribution >= 4 is 5.69 Å². The van der Waals surface area contributed by atoms with Gasteiger partial charge in [0.15, 0.2) is 5.82 Å². The molecule has 1 aliphatic carbocycles. The average molecular weight is 229 g/mol. The Hall–Kier alpha value is -1.91. The van der Waals surface area contributed by atoms with E-state index in [1.807, 2.05) is 29.8 Å². The Bertz CT molecular complexity index is 568. The first-order chi connectivity index (χ1) is 8.10. The smallest absolute Gasteiger partial charge is 0.184 e. The van der Waals surface area contributed by atoms with Gasteiger partial charge in [0.1, 0.15) is 0 Å². The molecule has 1 fully saturated rings. The summed E-state index contributed by atoms with van der Waals surface area (Å²) in [7, 11) is 0. The Balaban J connectivity index is 2.15. The van der Waals surface area contributed by atoms with Gasteiger partial charge in [-0.1, -0.05) is 11.6 Å². The molecule has 1 aliphatic rings. The molecule has 1 aromatic heterocycles. The fourth-order valence-electron chi connectivity index (χ4n) is 1.98. The number of hydrogen-bond acceptors (Lipinski definition) is 4. The van der Waals surface area contributed by atoms with Crippen molar-refractivity contribution in [2.24, 2.45) is 0 Å². The van der Waals surface area contributed by atoms with Gasteiger partial charge in [0.25, 0.3) is 0 Å². The number of rotatable bonds is 2. The van der Waals surface area contributed by atoms with Gasteiger partial charge in [-0.3, -0.25) is 0 Å². The summed E-state index contributed by atoms with van der Waals surface area (Å²) in [5.41, 5.74) is 8.88. The van der Waals surface area contributed by atoms with Crippen LogP contribution in [0.4, 0.5) is 5.69 Å². The first-order valence-electron chi connectivity index (χ1n) is 5.75. The van der Waals surface area contributed by atoms with Crippen LogP contribution in [0.25, 0.3) is 11.4 Å². The summed E-state index contributed by atoms with van der Waals surface area (Å²) in [6.45, 7) is 4.20. The monoisotopic (exact) mass is 229 g/mol. The highest BCUT2D eigenvalue weighted by Crippen LogP contribution is 2.44. The molecule has 0 unspecified atom stereocenters. The second-order valence-corrected chi connectivity index (χ2v) is 5.00. The Kier molecular flexibility index (Phi) is 1.98. The quantitative estimate of drug-likeness (QED) is 0.796. The van der Waals surface area contributed by atoms with E-state index in [0.29, 0.717) is 0 Å². The molecule has 0 aliphatic heterocycles. The Morgan fingerprint density at radius 1 is 1.35 bits per heavy atom. The van der Waals surface area contributed by atoms with Crippen LogP contribution >= 0.6 is 0 Å². The van der Waals surface area contributed by atoms with Gasteiger partial charge in [-0.2, -0.15) is 0 Å². The van der Waals surface area contributed by atoms with Crippen LogP contribution in [0.3, 0.4) is 0 Å². The molecule has 0 saturated heterocycles. The molecule has 17 heavy (non-hydrogen) atoms. The van der Waals surface area contributed by atoms with E-state index in [-0.39, 0.29) is 5.54 Å². The van der Waals surface area contributed by atoms with Crippen molar-refractivity contribution in [3.63, 3.8) is 0 Å². The highest BCUT2D eigenvalue weighted by molar-refractivity contribution is 5.72. The third kappa shape index (κ3) is 1.58. The van der Waals surface area contributed by atoms with Crippen LogP contribution in [0.2, 0.25) is 0 Å². The maximum Gasteiger partial charge on any atom is 0.184 e. The van der Waals surface area contributed by atoms with Crippen molar-refractivity contribution in [1.82, 2.24) is 20.2 Å². The predicted molar refractivity (Wildman–Crippen MR) is 65.3 cm³/mol. The lowest BCUT2D eigenvalue weighted by Gasteiger charge is -2.12. The van der Waals surface area contributed by atoms with Crippen molar-refractivity contribution in [3.8, 4) is 11.4 Å². The molecule has 5 nitrogen and oxygen atoms in total. The molecule has 0 bridgehead atoms. The zero-order valence-corrected chi connectivity index (χ0v) is 10.0. The van der Waals surface area contributed by atoms with Crippen LogP contribution < -0.4 is 5.73 Å². The maximum absolute atomic E-state index is 6.00. The molecular weight excluding hydrogens is 214 g/mol. The number of nitrogens with two attached hydrogens (primary N) is 1. The van der Waals surface area contributed by atoms with Crippen LogP contribution in [0, 0.1) is 6.92 Å². The maximum atomic E-state index is 6.00. The highest BCUT2D eigenvalue weighted by Gasteiger charge is 2.42. The van der Waals surface area contributed by atoms with Crippen molar-refractivity contribution in [1.29, 1.82) is 0 Å². The summed E-state index contributed by atoms with van der Waals surface area (Å²) < 4.78 is 1.90. The lowest BCUT2D eigenvalue weighted by Crippen LogP contribution is -2.16. The number of nitrogen functional groups attached to an aromatic ring is 1. The Morgan fingerprint density at radius 3 is 2.82 bits per heavy atom. The standard InChI is InChI=1S/C12H15N5/c1-8-3-4-10(13)9(7-8)11-14-15-16-17(11)12(2)5-6-12/h3-4,7H,5-6,13H2,1-2H3.